The van der Waals surface area contributed by atoms with Crippen LogP contribution in [-0.4, -0.2) is 5.25 Å². The van der Waals surface area contributed by atoms with Gasteiger partial charge < -0.3 is 0 Å². The number of hydrogen-bond donors (Lipinski definition) is 1. The second kappa shape index (κ2) is 3.50. The predicted molar refractivity (Wildman–Crippen MR) is 44.7 cm³/mol. The zero-order valence-corrected chi connectivity index (χ0v) is 6.74. The number of thiol groups is 1. The summed E-state index contributed by atoms with van der Waals surface area (Å²) in [4.78, 5) is 0. The molecule has 1 rings (SSSR count). The minimum Gasteiger partial charge on any atom is -0.176 e. The monoisotopic (exact) mass is 143 g/mol. The van der Waals surface area contributed by atoms with Gasteiger partial charge in [-0.15, -0.1) is 0 Å². The highest BCUT2D eigenvalue weighted by atomic mass is 32.1. The van der Waals surface area contributed by atoms with Crippen LogP contribution in [0.4, 0.5) is 0 Å². The third-order valence-corrected chi connectivity index (χ3v) is 2.74. The second-order valence-electron chi connectivity index (χ2n) is 2.96. The maximum absolute atomic E-state index is 4.42. The van der Waals surface area contributed by atoms with Crippen molar-refractivity contribution >= 4 is 12.6 Å². The first-order chi connectivity index (χ1) is 4.33. The minimum atomic E-state index is 0.688. The van der Waals surface area contributed by atoms with E-state index >= 15 is 0 Å². The molecule has 0 nitrogen and oxygen atoms in total. The fourth-order valence-electron chi connectivity index (χ4n) is 1.43. The molecule has 0 unspecified atom stereocenters. The molecule has 53 valence electrons. The highest BCUT2D eigenvalue weighted by Gasteiger charge is 2.16. The molecule has 0 aromatic heterocycles. The quantitative estimate of drug-likeness (QED) is 0.536. The Morgan fingerprint density at radius 3 is 2.22 bits per heavy atom. The van der Waals surface area contributed by atoms with E-state index in [-0.39, 0.29) is 0 Å². The summed E-state index contributed by atoms with van der Waals surface area (Å²) in [5, 5.41) is 0.688. The van der Waals surface area contributed by atoms with Gasteiger partial charge in [0.2, 0.25) is 0 Å². The Labute approximate surface area is 63.4 Å². The summed E-state index contributed by atoms with van der Waals surface area (Å²) < 4.78 is 0. The molecule has 0 aromatic rings. The standard InChI is InChI=1S/C8H15S/c1-2-7-3-5-8(9)6-4-7/h7-9H,1-6H2. The van der Waals surface area contributed by atoms with Crippen molar-refractivity contribution in [3.05, 3.63) is 6.92 Å². The zero-order chi connectivity index (χ0) is 6.69. The van der Waals surface area contributed by atoms with Crippen LogP contribution in [0.15, 0.2) is 0 Å². The van der Waals surface area contributed by atoms with Crippen molar-refractivity contribution in [2.75, 3.05) is 0 Å². The fourth-order valence-corrected chi connectivity index (χ4v) is 1.73. The SMILES string of the molecule is [CH2]CC1CCC(S)CC1. The van der Waals surface area contributed by atoms with E-state index in [1.54, 1.807) is 0 Å². The normalized spacial score (nSPS) is 36.7. The lowest BCUT2D eigenvalue weighted by atomic mass is 9.87. The van der Waals surface area contributed by atoms with E-state index < -0.39 is 0 Å². The molecular formula is C8H15S. The van der Waals surface area contributed by atoms with Crippen molar-refractivity contribution in [1.82, 2.24) is 0 Å². The van der Waals surface area contributed by atoms with Gasteiger partial charge in [0, 0.05) is 5.25 Å². The molecule has 0 amide bonds. The van der Waals surface area contributed by atoms with Crippen LogP contribution in [0.5, 0.6) is 0 Å². The van der Waals surface area contributed by atoms with Crippen LogP contribution in [0.3, 0.4) is 0 Å². The number of rotatable bonds is 1. The lowest BCUT2D eigenvalue weighted by Crippen LogP contribution is -2.13. The van der Waals surface area contributed by atoms with Crippen LogP contribution >= 0.6 is 12.6 Å². The van der Waals surface area contributed by atoms with E-state index in [0.29, 0.717) is 5.25 Å². The molecular weight excluding hydrogens is 128 g/mol. The van der Waals surface area contributed by atoms with Crippen LogP contribution in [0.2, 0.25) is 0 Å². The summed E-state index contributed by atoms with van der Waals surface area (Å²) in [5.74, 6) is 0.911. The Morgan fingerprint density at radius 2 is 1.78 bits per heavy atom. The Bertz CT molecular complexity index is 72.6. The van der Waals surface area contributed by atoms with E-state index in [1.165, 1.54) is 25.7 Å². The molecule has 0 bridgehead atoms. The summed E-state index contributed by atoms with van der Waals surface area (Å²) in [5.41, 5.74) is 0. The first-order valence-electron chi connectivity index (χ1n) is 3.80. The van der Waals surface area contributed by atoms with E-state index in [9.17, 15) is 0 Å². The van der Waals surface area contributed by atoms with Gasteiger partial charge in [0.1, 0.15) is 0 Å². The van der Waals surface area contributed by atoms with Gasteiger partial charge in [0.15, 0.2) is 0 Å². The van der Waals surface area contributed by atoms with Crippen molar-refractivity contribution in [3.63, 3.8) is 0 Å². The first kappa shape index (κ1) is 7.46. The zero-order valence-electron chi connectivity index (χ0n) is 5.84. The molecule has 0 spiro atoms. The Morgan fingerprint density at radius 1 is 1.22 bits per heavy atom. The molecule has 0 atom stereocenters. The summed E-state index contributed by atoms with van der Waals surface area (Å²) in [6.45, 7) is 3.91. The third-order valence-electron chi connectivity index (χ3n) is 2.22. The number of hydrogen-bond acceptors (Lipinski definition) is 1. The van der Waals surface area contributed by atoms with Crippen molar-refractivity contribution in [3.8, 4) is 0 Å². The first-order valence-corrected chi connectivity index (χ1v) is 4.32. The van der Waals surface area contributed by atoms with Gasteiger partial charge in [-0.05, 0) is 31.6 Å². The van der Waals surface area contributed by atoms with E-state index in [4.69, 9.17) is 0 Å². The smallest absolute Gasteiger partial charge is 0.00170 e. The summed E-state index contributed by atoms with van der Waals surface area (Å²) >= 11 is 4.42. The summed E-state index contributed by atoms with van der Waals surface area (Å²) in [7, 11) is 0. The van der Waals surface area contributed by atoms with Gasteiger partial charge in [-0.3, -0.25) is 0 Å². The van der Waals surface area contributed by atoms with Crippen molar-refractivity contribution in [2.45, 2.75) is 37.4 Å². The van der Waals surface area contributed by atoms with Crippen molar-refractivity contribution < 1.29 is 0 Å². The highest BCUT2D eigenvalue weighted by Crippen LogP contribution is 2.28. The highest BCUT2D eigenvalue weighted by molar-refractivity contribution is 7.80. The van der Waals surface area contributed by atoms with E-state index in [1.807, 2.05) is 0 Å². The molecule has 0 heterocycles. The molecule has 0 aliphatic heterocycles. The van der Waals surface area contributed by atoms with E-state index in [2.05, 4.69) is 19.6 Å². The van der Waals surface area contributed by atoms with Crippen molar-refractivity contribution in [1.29, 1.82) is 0 Å². The lowest BCUT2D eigenvalue weighted by Gasteiger charge is -2.23. The van der Waals surface area contributed by atoms with Crippen LogP contribution < -0.4 is 0 Å². The van der Waals surface area contributed by atoms with Crippen LogP contribution in [0, 0.1) is 12.8 Å². The Kier molecular flexibility index (Phi) is 2.90. The maximum atomic E-state index is 4.42. The predicted octanol–water partition coefficient (Wildman–Crippen LogP) is 2.70. The maximum Gasteiger partial charge on any atom is 0.00170 e. The Hall–Kier alpha value is 0.350. The van der Waals surface area contributed by atoms with Gasteiger partial charge >= 0.3 is 0 Å². The van der Waals surface area contributed by atoms with Gasteiger partial charge in [0.05, 0.1) is 0 Å². The molecule has 1 aliphatic carbocycles. The molecule has 0 N–H and O–H groups in total. The average molecular weight is 143 g/mol. The lowest BCUT2D eigenvalue weighted by molar-refractivity contribution is 0.368. The molecule has 0 saturated heterocycles. The van der Waals surface area contributed by atoms with Crippen LogP contribution in [-0.2, 0) is 0 Å². The largest absolute Gasteiger partial charge is 0.176 e. The molecule has 1 fully saturated rings. The summed E-state index contributed by atoms with van der Waals surface area (Å²) in [6, 6.07) is 0. The molecule has 1 heteroatoms. The van der Waals surface area contributed by atoms with E-state index in [0.717, 1.165) is 12.3 Å². The average Bonchev–Trinajstić information content (AvgIpc) is 1.90. The van der Waals surface area contributed by atoms with Gasteiger partial charge in [-0.2, -0.15) is 12.6 Å². The second-order valence-corrected chi connectivity index (χ2v) is 3.69. The fraction of sp³-hybridized carbons (Fsp3) is 0.875. The third kappa shape index (κ3) is 2.21. The van der Waals surface area contributed by atoms with Gasteiger partial charge in [-0.25, -0.2) is 0 Å². The summed E-state index contributed by atoms with van der Waals surface area (Å²) in [6.07, 6.45) is 6.46. The molecule has 1 saturated carbocycles. The minimum absolute atomic E-state index is 0.688. The van der Waals surface area contributed by atoms with Crippen molar-refractivity contribution in [2.24, 2.45) is 5.92 Å². The van der Waals surface area contributed by atoms with Gasteiger partial charge in [0.25, 0.3) is 0 Å². The van der Waals surface area contributed by atoms with Gasteiger partial charge in [-0.1, -0.05) is 13.3 Å². The molecule has 9 heavy (non-hydrogen) atoms. The molecule has 1 radical (unpaired) electrons. The topological polar surface area (TPSA) is 0 Å². The van der Waals surface area contributed by atoms with Crippen LogP contribution in [0.25, 0.3) is 0 Å². The molecule has 0 aromatic carbocycles. The van der Waals surface area contributed by atoms with Crippen LogP contribution in [0.1, 0.15) is 32.1 Å². The Balaban J connectivity index is 2.18. The molecule has 1 aliphatic rings.